The van der Waals surface area contributed by atoms with E-state index in [9.17, 15) is 5.11 Å². The lowest BCUT2D eigenvalue weighted by Crippen LogP contribution is -2.35. The summed E-state index contributed by atoms with van der Waals surface area (Å²) in [5.74, 6) is 0.768. The van der Waals surface area contributed by atoms with Gasteiger partial charge in [0.15, 0.2) is 0 Å². The molecule has 2 aromatic carbocycles. The fourth-order valence-corrected chi connectivity index (χ4v) is 4.23. The average Bonchev–Trinajstić information content (AvgIpc) is 3.04. The molecule has 29 heavy (non-hydrogen) atoms. The van der Waals surface area contributed by atoms with E-state index in [1.54, 1.807) is 7.11 Å². The summed E-state index contributed by atoms with van der Waals surface area (Å²) in [7, 11) is 1.63. The fourth-order valence-electron chi connectivity index (χ4n) is 4.23. The highest BCUT2D eigenvalue weighted by Crippen LogP contribution is 2.21. The number of nitrogens with zero attached hydrogens (tertiary/aromatic N) is 3. The molecule has 1 aliphatic heterocycles. The molecule has 2 heterocycles. The van der Waals surface area contributed by atoms with E-state index < -0.39 is 6.10 Å². The van der Waals surface area contributed by atoms with Crippen LogP contribution in [0.15, 0.2) is 48.5 Å². The van der Waals surface area contributed by atoms with Gasteiger partial charge >= 0.3 is 0 Å². The first-order chi connectivity index (χ1) is 14.2. The third-order valence-corrected chi connectivity index (χ3v) is 5.92. The van der Waals surface area contributed by atoms with Gasteiger partial charge in [-0.1, -0.05) is 30.7 Å². The van der Waals surface area contributed by atoms with Gasteiger partial charge in [0.05, 0.1) is 30.8 Å². The molecule has 0 saturated carbocycles. The van der Waals surface area contributed by atoms with Crippen molar-refractivity contribution in [1.29, 1.82) is 5.41 Å². The van der Waals surface area contributed by atoms with Gasteiger partial charge in [0, 0.05) is 13.1 Å². The number of likely N-dealkylation sites (tertiary alicyclic amines) is 1. The quantitative estimate of drug-likeness (QED) is 0.647. The van der Waals surface area contributed by atoms with Gasteiger partial charge in [-0.3, -0.25) is 5.41 Å². The molecular formula is C23H30N4O2. The molecule has 0 radical (unpaired) electrons. The molecule has 3 aromatic rings. The number of aliphatic hydroxyl groups is 1. The molecule has 2 N–H and O–H groups in total. The molecule has 0 spiro atoms. The Bertz CT molecular complexity index is 1000. The standard InChI is InChI=1S/C23H30N4O2/c1-29-19-11-9-18(10-12-19)22(28)17-27-21-8-4-3-7-20(21)26(23(27)24)16-15-25-13-5-2-6-14-25/h3-4,7-12,22,24,28H,2,5-6,13-17H2,1H3/t22-/m0/s1. The zero-order valence-electron chi connectivity index (χ0n) is 17.1. The molecule has 1 aliphatic rings. The SMILES string of the molecule is COc1ccc([C@@H](O)Cn2c(=N)n(CCN3CCCCC3)c3ccccc32)cc1. The van der Waals surface area contributed by atoms with E-state index in [0.717, 1.165) is 48.5 Å². The molecule has 0 amide bonds. The van der Waals surface area contributed by atoms with Crippen molar-refractivity contribution in [2.45, 2.75) is 38.5 Å². The number of nitrogens with one attached hydrogen (secondary N) is 1. The van der Waals surface area contributed by atoms with Gasteiger partial charge in [0.25, 0.3) is 0 Å². The molecule has 6 nitrogen and oxygen atoms in total. The van der Waals surface area contributed by atoms with Crippen molar-refractivity contribution in [3.63, 3.8) is 0 Å². The van der Waals surface area contributed by atoms with Crippen molar-refractivity contribution in [3.05, 3.63) is 59.7 Å². The normalized spacial score (nSPS) is 16.2. The number of hydrogen-bond donors (Lipinski definition) is 2. The lowest BCUT2D eigenvalue weighted by Gasteiger charge is -2.26. The molecule has 0 aliphatic carbocycles. The molecule has 1 aromatic heterocycles. The average molecular weight is 395 g/mol. The van der Waals surface area contributed by atoms with E-state index >= 15 is 0 Å². The molecular weight excluding hydrogens is 364 g/mol. The van der Waals surface area contributed by atoms with Crippen molar-refractivity contribution < 1.29 is 9.84 Å². The first-order valence-corrected chi connectivity index (χ1v) is 10.4. The van der Waals surface area contributed by atoms with Gasteiger partial charge in [0.2, 0.25) is 5.62 Å². The number of aromatic nitrogens is 2. The topological polar surface area (TPSA) is 66.4 Å². The maximum Gasteiger partial charge on any atom is 0.203 e. The van der Waals surface area contributed by atoms with Crippen molar-refractivity contribution >= 4 is 11.0 Å². The number of hydrogen-bond acceptors (Lipinski definition) is 4. The van der Waals surface area contributed by atoms with E-state index in [1.807, 2.05) is 47.0 Å². The van der Waals surface area contributed by atoms with Crippen LogP contribution in [0.3, 0.4) is 0 Å². The van der Waals surface area contributed by atoms with E-state index in [-0.39, 0.29) is 0 Å². The zero-order valence-corrected chi connectivity index (χ0v) is 17.1. The minimum Gasteiger partial charge on any atom is -0.497 e. The number of ether oxygens (including phenoxy) is 1. The Kier molecular flexibility index (Phi) is 6.02. The van der Waals surface area contributed by atoms with Crippen molar-refractivity contribution in [2.24, 2.45) is 0 Å². The number of benzene rings is 2. The Morgan fingerprint density at radius 1 is 0.931 bits per heavy atom. The zero-order chi connectivity index (χ0) is 20.2. The summed E-state index contributed by atoms with van der Waals surface area (Å²) in [6.45, 7) is 4.42. The minimum absolute atomic E-state index is 0.350. The summed E-state index contributed by atoms with van der Waals surface area (Å²) >= 11 is 0. The molecule has 6 heteroatoms. The number of fused-ring (bicyclic) bond motifs is 1. The summed E-state index contributed by atoms with van der Waals surface area (Å²) < 4.78 is 9.19. The van der Waals surface area contributed by atoms with Gasteiger partial charge in [-0.2, -0.15) is 0 Å². The number of imidazole rings is 1. The van der Waals surface area contributed by atoms with Crippen LogP contribution in [0, 0.1) is 5.41 Å². The monoisotopic (exact) mass is 394 g/mol. The number of rotatable bonds is 7. The summed E-state index contributed by atoms with van der Waals surface area (Å²) in [6, 6.07) is 15.6. The smallest absolute Gasteiger partial charge is 0.203 e. The second-order valence-electron chi connectivity index (χ2n) is 7.77. The molecule has 1 fully saturated rings. The van der Waals surface area contributed by atoms with Crippen LogP contribution in [0.25, 0.3) is 11.0 Å². The Balaban J connectivity index is 1.58. The van der Waals surface area contributed by atoms with Gasteiger partial charge in [-0.15, -0.1) is 0 Å². The molecule has 1 atom stereocenters. The Morgan fingerprint density at radius 3 is 2.24 bits per heavy atom. The van der Waals surface area contributed by atoms with Gasteiger partial charge in [0.1, 0.15) is 5.75 Å². The Morgan fingerprint density at radius 2 is 1.59 bits per heavy atom. The van der Waals surface area contributed by atoms with E-state index in [4.69, 9.17) is 10.1 Å². The first kappa shape index (κ1) is 19.7. The van der Waals surface area contributed by atoms with E-state index in [1.165, 1.54) is 19.3 Å². The van der Waals surface area contributed by atoms with Crippen LogP contribution in [0.2, 0.25) is 0 Å². The molecule has 0 bridgehead atoms. The largest absolute Gasteiger partial charge is 0.497 e. The fraction of sp³-hybridized carbons (Fsp3) is 0.435. The van der Waals surface area contributed by atoms with Gasteiger partial charge < -0.3 is 23.9 Å². The summed E-state index contributed by atoms with van der Waals surface area (Å²) in [6.07, 6.45) is 3.19. The molecule has 1 saturated heterocycles. The Hall–Kier alpha value is -2.57. The van der Waals surface area contributed by atoms with Gasteiger partial charge in [-0.25, -0.2) is 0 Å². The Labute approximate surface area is 171 Å². The highest BCUT2D eigenvalue weighted by molar-refractivity contribution is 5.75. The van der Waals surface area contributed by atoms with Crippen LogP contribution < -0.4 is 10.4 Å². The lowest BCUT2D eigenvalue weighted by molar-refractivity contribution is 0.155. The van der Waals surface area contributed by atoms with Gasteiger partial charge in [-0.05, 0) is 55.8 Å². The molecule has 4 rings (SSSR count). The van der Waals surface area contributed by atoms with E-state index in [0.29, 0.717) is 12.2 Å². The second kappa shape index (κ2) is 8.84. The second-order valence-corrected chi connectivity index (χ2v) is 7.77. The predicted molar refractivity (Wildman–Crippen MR) is 114 cm³/mol. The van der Waals surface area contributed by atoms with Crippen LogP contribution >= 0.6 is 0 Å². The number of piperidine rings is 1. The minimum atomic E-state index is -0.684. The van der Waals surface area contributed by atoms with Crippen molar-refractivity contribution in [1.82, 2.24) is 14.0 Å². The van der Waals surface area contributed by atoms with Crippen molar-refractivity contribution in [2.75, 3.05) is 26.7 Å². The summed E-state index contributed by atoms with van der Waals surface area (Å²) in [5.41, 5.74) is 3.30. The van der Waals surface area contributed by atoms with Crippen LogP contribution in [-0.2, 0) is 13.1 Å². The predicted octanol–water partition coefficient (Wildman–Crippen LogP) is 3.15. The number of methoxy groups -OCH3 is 1. The first-order valence-electron chi connectivity index (χ1n) is 10.4. The number of aliphatic hydroxyl groups excluding tert-OH is 1. The molecule has 0 unspecified atom stereocenters. The van der Waals surface area contributed by atoms with Crippen LogP contribution in [0.1, 0.15) is 30.9 Å². The third-order valence-electron chi connectivity index (χ3n) is 5.92. The van der Waals surface area contributed by atoms with E-state index in [2.05, 4.69) is 15.5 Å². The molecule has 154 valence electrons. The van der Waals surface area contributed by atoms with Crippen LogP contribution in [0.4, 0.5) is 0 Å². The summed E-state index contributed by atoms with van der Waals surface area (Å²) in [4.78, 5) is 2.49. The van der Waals surface area contributed by atoms with Crippen molar-refractivity contribution in [3.8, 4) is 5.75 Å². The highest BCUT2D eigenvalue weighted by Gasteiger charge is 2.16. The summed E-state index contributed by atoms with van der Waals surface area (Å²) in [5, 5.41) is 19.6. The maximum atomic E-state index is 10.8. The third kappa shape index (κ3) is 4.23. The maximum absolute atomic E-state index is 10.8. The van der Waals surface area contributed by atoms with Crippen LogP contribution in [0.5, 0.6) is 5.75 Å². The highest BCUT2D eigenvalue weighted by atomic mass is 16.5. The number of para-hydroxylation sites is 2. The lowest BCUT2D eigenvalue weighted by atomic mass is 10.1. The van der Waals surface area contributed by atoms with Crippen LogP contribution in [-0.4, -0.2) is 45.9 Å².